The van der Waals surface area contributed by atoms with Gasteiger partial charge in [0.1, 0.15) is 5.69 Å². The van der Waals surface area contributed by atoms with Crippen molar-refractivity contribution in [2.45, 2.75) is 31.7 Å². The smallest absolute Gasteiger partial charge is 0.423 e. The largest absolute Gasteiger partial charge is 0.481 e. The predicted octanol–water partition coefficient (Wildman–Crippen LogP) is 3.51. The van der Waals surface area contributed by atoms with Crippen LogP contribution in [0.2, 0.25) is 0 Å². The fraction of sp³-hybridized carbons (Fsp3) is 0.273. The van der Waals surface area contributed by atoms with E-state index in [2.05, 4.69) is 15.3 Å². The standard InChI is InChI=1S/C22H20F3N5O4/c1-3-21(33,22(23,24)25)17-12-29(28-27-17)11-13-6-7-30-15(8-13)9-16(20(31)32)19(30)14-4-5-18(34-2)26-10-14/h4-10,12,33H,3,11H2,1-2H3,(H,31,32). The predicted molar refractivity (Wildman–Crippen MR) is 114 cm³/mol. The highest BCUT2D eigenvalue weighted by Crippen LogP contribution is 2.40. The minimum Gasteiger partial charge on any atom is -0.481 e. The highest BCUT2D eigenvalue weighted by atomic mass is 19.4. The third-order valence-corrected chi connectivity index (χ3v) is 5.57. The minimum atomic E-state index is -4.90. The Morgan fingerprint density at radius 3 is 2.56 bits per heavy atom. The van der Waals surface area contributed by atoms with Gasteiger partial charge in [-0.25, -0.2) is 14.5 Å². The number of aliphatic hydroxyl groups is 1. The topological polar surface area (TPSA) is 115 Å². The minimum absolute atomic E-state index is 0.0605. The molecule has 0 aliphatic rings. The van der Waals surface area contributed by atoms with E-state index in [9.17, 15) is 28.2 Å². The molecule has 178 valence electrons. The molecular weight excluding hydrogens is 455 g/mol. The van der Waals surface area contributed by atoms with Crippen molar-refractivity contribution >= 4 is 11.5 Å². The summed E-state index contributed by atoms with van der Waals surface area (Å²) in [5.41, 5.74) is -1.43. The Labute approximate surface area is 191 Å². The van der Waals surface area contributed by atoms with Crippen molar-refractivity contribution in [3.05, 3.63) is 65.7 Å². The number of rotatable bonds is 7. The number of hydrogen-bond acceptors (Lipinski definition) is 6. The van der Waals surface area contributed by atoms with Crippen molar-refractivity contribution in [2.75, 3.05) is 7.11 Å². The van der Waals surface area contributed by atoms with Crippen LogP contribution in [0.4, 0.5) is 13.2 Å². The molecule has 4 heterocycles. The summed E-state index contributed by atoms with van der Waals surface area (Å²) in [7, 11) is 1.48. The van der Waals surface area contributed by atoms with Crippen molar-refractivity contribution < 1.29 is 32.9 Å². The van der Waals surface area contributed by atoms with Crippen molar-refractivity contribution in [1.82, 2.24) is 24.4 Å². The van der Waals surface area contributed by atoms with Crippen molar-refractivity contribution in [1.29, 1.82) is 0 Å². The number of nitrogens with zero attached hydrogens (tertiary/aromatic N) is 5. The van der Waals surface area contributed by atoms with E-state index >= 15 is 0 Å². The Bertz CT molecular complexity index is 1350. The van der Waals surface area contributed by atoms with Gasteiger partial charge >= 0.3 is 12.1 Å². The Morgan fingerprint density at radius 2 is 1.97 bits per heavy atom. The zero-order valence-corrected chi connectivity index (χ0v) is 18.1. The third-order valence-electron chi connectivity index (χ3n) is 5.57. The summed E-state index contributed by atoms with van der Waals surface area (Å²) in [6, 6.07) is 8.20. The lowest BCUT2D eigenvalue weighted by molar-refractivity contribution is -0.269. The monoisotopic (exact) mass is 475 g/mol. The molecule has 0 aromatic carbocycles. The molecule has 9 nitrogen and oxygen atoms in total. The molecule has 0 fully saturated rings. The van der Waals surface area contributed by atoms with Gasteiger partial charge in [-0.15, -0.1) is 5.10 Å². The SMILES string of the molecule is CCC(O)(c1cn(Cc2ccn3c(-c4ccc(OC)nc4)c(C(=O)O)cc3c2)nn1)C(F)(F)F. The fourth-order valence-corrected chi connectivity index (χ4v) is 3.70. The van der Waals surface area contributed by atoms with Crippen LogP contribution in [0.15, 0.2) is 48.9 Å². The van der Waals surface area contributed by atoms with Gasteiger partial charge in [-0.05, 0) is 36.2 Å². The Balaban J connectivity index is 1.69. The lowest BCUT2D eigenvalue weighted by Gasteiger charge is -2.26. The van der Waals surface area contributed by atoms with Gasteiger partial charge in [0, 0.05) is 29.5 Å². The number of hydrogen-bond donors (Lipinski definition) is 2. The van der Waals surface area contributed by atoms with Crippen molar-refractivity contribution in [3.8, 4) is 17.1 Å². The van der Waals surface area contributed by atoms with E-state index in [1.54, 1.807) is 34.9 Å². The van der Waals surface area contributed by atoms with Gasteiger partial charge in [0.05, 0.1) is 31.1 Å². The lowest BCUT2D eigenvalue weighted by atomic mass is 9.96. The summed E-state index contributed by atoms with van der Waals surface area (Å²) in [5.74, 6) is -0.737. The maximum atomic E-state index is 13.3. The summed E-state index contributed by atoms with van der Waals surface area (Å²) in [6.45, 7) is 1.27. The van der Waals surface area contributed by atoms with Crippen LogP contribution in [0.25, 0.3) is 16.8 Å². The maximum absolute atomic E-state index is 13.3. The number of carbonyl (C=O) groups is 1. The average Bonchev–Trinajstić information content (AvgIpc) is 3.42. The Morgan fingerprint density at radius 1 is 1.21 bits per heavy atom. The molecule has 0 saturated carbocycles. The molecule has 0 saturated heterocycles. The van der Waals surface area contributed by atoms with Crippen LogP contribution in [0.3, 0.4) is 0 Å². The molecule has 0 amide bonds. The van der Waals surface area contributed by atoms with E-state index in [0.29, 0.717) is 28.2 Å². The second kappa shape index (κ2) is 8.45. The number of carboxylic acids is 1. The molecule has 1 unspecified atom stereocenters. The Kier molecular flexibility index (Phi) is 5.77. The van der Waals surface area contributed by atoms with Crippen molar-refractivity contribution in [2.24, 2.45) is 0 Å². The summed E-state index contributed by atoms with van der Waals surface area (Å²) < 4.78 is 47.8. The number of halogens is 3. The van der Waals surface area contributed by atoms with Gasteiger partial charge < -0.3 is 19.4 Å². The van der Waals surface area contributed by atoms with E-state index in [0.717, 1.165) is 6.20 Å². The molecule has 34 heavy (non-hydrogen) atoms. The molecular formula is C22H20F3N5O4. The molecule has 4 aromatic heterocycles. The number of alkyl halides is 3. The molecule has 0 spiro atoms. The van der Waals surface area contributed by atoms with Gasteiger partial charge in [-0.2, -0.15) is 13.2 Å². The molecule has 4 rings (SSSR count). The highest BCUT2D eigenvalue weighted by molar-refractivity contribution is 5.97. The van der Waals surface area contributed by atoms with Crippen LogP contribution >= 0.6 is 0 Å². The highest BCUT2D eigenvalue weighted by Gasteiger charge is 2.55. The Hall–Kier alpha value is -3.93. The van der Waals surface area contributed by atoms with Crippen LogP contribution in [-0.2, 0) is 12.1 Å². The average molecular weight is 475 g/mol. The first-order valence-electron chi connectivity index (χ1n) is 10.1. The number of fused-ring (bicyclic) bond motifs is 1. The molecule has 0 aliphatic carbocycles. The van der Waals surface area contributed by atoms with E-state index in [1.807, 2.05) is 0 Å². The first-order chi connectivity index (χ1) is 16.1. The lowest BCUT2D eigenvalue weighted by Crippen LogP contribution is -2.42. The first-order valence-corrected chi connectivity index (χ1v) is 10.1. The second-order valence-electron chi connectivity index (χ2n) is 7.64. The number of aromatic carboxylic acids is 1. The molecule has 12 heteroatoms. The quantitative estimate of drug-likeness (QED) is 0.420. The summed E-state index contributed by atoms with van der Waals surface area (Å²) in [6.07, 6.45) is -1.28. The van der Waals surface area contributed by atoms with E-state index in [-0.39, 0.29) is 12.1 Å². The molecule has 4 aromatic rings. The van der Waals surface area contributed by atoms with Crippen molar-refractivity contribution in [3.63, 3.8) is 0 Å². The van der Waals surface area contributed by atoms with Crippen LogP contribution < -0.4 is 4.74 Å². The van der Waals surface area contributed by atoms with Gasteiger partial charge in [0.15, 0.2) is 0 Å². The summed E-state index contributed by atoms with van der Waals surface area (Å²) in [5, 5.41) is 27.0. The molecule has 0 bridgehead atoms. The number of pyridine rings is 2. The van der Waals surface area contributed by atoms with Gasteiger partial charge in [-0.3, -0.25) is 0 Å². The zero-order chi connectivity index (χ0) is 24.7. The molecule has 1 atom stereocenters. The second-order valence-corrected chi connectivity index (χ2v) is 7.64. The third kappa shape index (κ3) is 3.96. The van der Waals surface area contributed by atoms with Crippen LogP contribution in [0.5, 0.6) is 5.88 Å². The number of carboxylic acid groups (broad SMARTS) is 1. The molecule has 0 aliphatic heterocycles. The summed E-state index contributed by atoms with van der Waals surface area (Å²) in [4.78, 5) is 16.0. The first kappa shape index (κ1) is 23.2. The summed E-state index contributed by atoms with van der Waals surface area (Å²) >= 11 is 0. The van der Waals surface area contributed by atoms with Gasteiger partial charge in [-0.1, -0.05) is 12.1 Å². The number of aromatic nitrogens is 5. The van der Waals surface area contributed by atoms with Crippen LogP contribution in [-0.4, -0.2) is 53.8 Å². The zero-order valence-electron chi connectivity index (χ0n) is 18.1. The normalized spacial score (nSPS) is 13.7. The maximum Gasteiger partial charge on any atom is 0.423 e. The van der Waals surface area contributed by atoms with Gasteiger partial charge in [0.25, 0.3) is 0 Å². The van der Waals surface area contributed by atoms with Gasteiger partial charge in [0.2, 0.25) is 11.5 Å². The molecule has 0 radical (unpaired) electrons. The fourth-order valence-electron chi connectivity index (χ4n) is 3.70. The molecule has 2 N–H and O–H groups in total. The number of ether oxygens (including phenoxy) is 1. The van der Waals surface area contributed by atoms with E-state index in [4.69, 9.17) is 4.74 Å². The van der Waals surface area contributed by atoms with E-state index < -0.39 is 29.9 Å². The van der Waals surface area contributed by atoms with E-state index in [1.165, 1.54) is 31.0 Å². The number of methoxy groups -OCH3 is 1. The van der Waals surface area contributed by atoms with Crippen LogP contribution in [0, 0.1) is 0 Å². The van der Waals surface area contributed by atoms with Crippen LogP contribution in [0.1, 0.15) is 35.0 Å².